The maximum Gasteiger partial charge on any atom is 0.256 e. The van der Waals surface area contributed by atoms with E-state index in [2.05, 4.69) is 34.1 Å². The number of carbonyl (C=O) groups excluding carboxylic acids is 1. The van der Waals surface area contributed by atoms with E-state index in [0.29, 0.717) is 6.54 Å². The lowest BCUT2D eigenvalue weighted by atomic mass is 10.2. The molecule has 0 aliphatic carbocycles. The number of aryl methyl sites for hydroxylation is 1. The zero-order valence-corrected chi connectivity index (χ0v) is 17.4. The van der Waals surface area contributed by atoms with Gasteiger partial charge in [0.1, 0.15) is 5.75 Å². The second kappa shape index (κ2) is 8.74. The molecule has 2 aromatic rings. The number of methoxy groups -OCH3 is 1. The van der Waals surface area contributed by atoms with Crippen LogP contribution in [0.2, 0.25) is 0 Å². The Bertz CT molecular complexity index is 881. The normalized spacial score (nSPS) is 17.4. The van der Waals surface area contributed by atoms with Gasteiger partial charge in [-0.15, -0.1) is 0 Å². The average molecular weight is 395 g/mol. The van der Waals surface area contributed by atoms with Gasteiger partial charge in [-0.25, -0.2) is 0 Å². The van der Waals surface area contributed by atoms with Gasteiger partial charge in [-0.3, -0.25) is 9.69 Å². The van der Waals surface area contributed by atoms with Gasteiger partial charge in [-0.2, -0.15) is 0 Å². The lowest BCUT2D eigenvalue weighted by Crippen LogP contribution is -2.47. The molecule has 154 valence electrons. The monoisotopic (exact) mass is 394 g/mol. The van der Waals surface area contributed by atoms with E-state index in [4.69, 9.17) is 4.74 Å². The summed E-state index contributed by atoms with van der Waals surface area (Å²) in [7, 11) is 3.71. The molecule has 1 fully saturated rings. The Balaban J connectivity index is 1.26. The molecule has 0 N–H and O–H groups in total. The molecule has 0 atom stereocenters. The van der Waals surface area contributed by atoms with E-state index < -0.39 is 0 Å². The molecule has 6 heteroatoms. The van der Waals surface area contributed by atoms with Crippen molar-refractivity contribution >= 4 is 17.7 Å². The average Bonchev–Trinajstić information content (AvgIpc) is 3.04. The summed E-state index contributed by atoms with van der Waals surface area (Å²) in [5.41, 5.74) is 2.99. The quantitative estimate of drug-likeness (QED) is 0.756. The molecule has 1 aromatic heterocycles. The van der Waals surface area contributed by atoms with Crippen LogP contribution in [0.1, 0.15) is 22.5 Å². The smallest absolute Gasteiger partial charge is 0.256 e. The number of benzene rings is 1. The maximum absolute atomic E-state index is 12.8. The molecule has 3 heterocycles. The summed E-state index contributed by atoms with van der Waals surface area (Å²) in [5.74, 6) is 1.08. The van der Waals surface area contributed by atoms with Crippen LogP contribution in [0.15, 0.2) is 42.6 Å². The van der Waals surface area contributed by atoms with Crippen LogP contribution < -0.4 is 9.64 Å². The molecular weight excluding hydrogens is 364 g/mol. The van der Waals surface area contributed by atoms with Crippen LogP contribution in [-0.2, 0) is 7.05 Å². The van der Waals surface area contributed by atoms with E-state index in [-0.39, 0.29) is 5.91 Å². The minimum absolute atomic E-state index is 0.145. The van der Waals surface area contributed by atoms with E-state index in [1.807, 2.05) is 40.9 Å². The van der Waals surface area contributed by atoms with Crippen molar-refractivity contribution in [1.29, 1.82) is 0 Å². The molecule has 2 aliphatic heterocycles. The lowest BCUT2D eigenvalue weighted by Gasteiger charge is -2.36. The SMILES string of the molecule is COc1ccccc1N1CCN(CCCN2CC=Cc3c(ccn3C)C2=O)CC1. The number of piperazine rings is 1. The fourth-order valence-corrected chi connectivity index (χ4v) is 4.26. The van der Waals surface area contributed by atoms with Gasteiger partial charge in [0, 0.05) is 52.5 Å². The van der Waals surface area contributed by atoms with Crippen LogP contribution >= 0.6 is 0 Å². The number of para-hydroxylation sites is 2. The summed E-state index contributed by atoms with van der Waals surface area (Å²) in [5, 5.41) is 0. The summed E-state index contributed by atoms with van der Waals surface area (Å²) < 4.78 is 7.51. The van der Waals surface area contributed by atoms with Crippen molar-refractivity contribution in [2.24, 2.45) is 7.05 Å². The number of amides is 1. The van der Waals surface area contributed by atoms with Crippen LogP contribution in [0.25, 0.3) is 6.08 Å². The van der Waals surface area contributed by atoms with E-state index in [0.717, 1.165) is 62.7 Å². The van der Waals surface area contributed by atoms with Crippen LogP contribution in [0, 0.1) is 0 Å². The number of aromatic nitrogens is 1. The predicted octanol–water partition coefficient (Wildman–Crippen LogP) is 2.72. The third-order valence-corrected chi connectivity index (χ3v) is 5.94. The number of hydrogen-bond donors (Lipinski definition) is 0. The standard InChI is InChI=1S/C23H30N4O2/c1-24-14-10-19-20(24)8-5-12-27(23(19)28)13-6-11-25-15-17-26(18-16-25)21-7-3-4-9-22(21)29-2/h3-5,7-10,14H,6,11-13,15-18H2,1-2H3. The predicted molar refractivity (Wildman–Crippen MR) is 117 cm³/mol. The number of carbonyl (C=O) groups is 1. The zero-order valence-electron chi connectivity index (χ0n) is 17.4. The second-order valence-electron chi connectivity index (χ2n) is 7.73. The van der Waals surface area contributed by atoms with Gasteiger partial charge in [-0.05, 0) is 37.2 Å². The number of nitrogens with zero attached hydrogens (tertiary/aromatic N) is 4. The van der Waals surface area contributed by atoms with E-state index in [9.17, 15) is 4.79 Å². The van der Waals surface area contributed by atoms with Crippen molar-refractivity contribution < 1.29 is 9.53 Å². The largest absolute Gasteiger partial charge is 0.495 e. The summed E-state index contributed by atoms with van der Waals surface area (Å²) in [6.45, 7) is 6.58. The van der Waals surface area contributed by atoms with Crippen molar-refractivity contribution in [1.82, 2.24) is 14.4 Å². The second-order valence-corrected chi connectivity index (χ2v) is 7.73. The number of hydrogen-bond acceptors (Lipinski definition) is 4. The highest BCUT2D eigenvalue weighted by Gasteiger charge is 2.23. The van der Waals surface area contributed by atoms with Gasteiger partial charge >= 0.3 is 0 Å². The van der Waals surface area contributed by atoms with E-state index in [1.54, 1.807) is 7.11 Å². The van der Waals surface area contributed by atoms with Crippen molar-refractivity contribution in [3.63, 3.8) is 0 Å². The first-order valence-corrected chi connectivity index (χ1v) is 10.4. The summed E-state index contributed by atoms with van der Waals surface area (Å²) in [6, 6.07) is 10.2. The van der Waals surface area contributed by atoms with Crippen LogP contribution in [0.3, 0.4) is 0 Å². The van der Waals surface area contributed by atoms with Gasteiger partial charge in [0.2, 0.25) is 0 Å². The fraction of sp³-hybridized carbons (Fsp3) is 0.435. The first-order chi connectivity index (χ1) is 14.2. The summed E-state index contributed by atoms with van der Waals surface area (Å²) in [6.07, 6.45) is 7.11. The Morgan fingerprint density at radius 2 is 1.83 bits per heavy atom. The molecule has 0 bridgehead atoms. The zero-order chi connectivity index (χ0) is 20.2. The first kappa shape index (κ1) is 19.6. The van der Waals surface area contributed by atoms with E-state index >= 15 is 0 Å². The first-order valence-electron chi connectivity index (χ1n) is 10.4. The molecule has 1 aromatic carbocycles. The van der Waals surface area contributed by atoms with Gasteiger partial charge in [0.05, 0.1) is 24.1 Å². The van der Waals surface area contributed by atoms with Gasteiger partial charge in [0.15, 0.2) is 0 Å². The number of rotatable bonds is 6. The third-order valence-electron chi connectivity index (χ3n) is 5.94. The molecule has 29 heavy (non-hydrogen) atoms. The molecule has 0 unspecified atom stereocenters. The topological polar surface area (TPSA) is 41.0 Å². The van der Waals surface area contributed by atoms with Crippen molar-refractivity contribution in [3.8, 4) is 5.75 Å². The van der Waals surface area contributed by atoms with Crippen molar-refractivity contribution in [3.05, 3.63) is 53.9 Å². The Hall–Kier alpha value is -2.73. The molecule has 1 saturated heterocycles. The molecular formula is C23H30N4O2. The third kappa shape index (κ3) is 4.17. The van der Waals surface area contributed by atoms with Crippen LogP contribution in [0.5, 0.6) is 5.75 Å². The summed E-state index contributed by atoms with van der Waals surface area (Å²) >= 11 is 0. The number of fused-ring (bicyclic) bond motifs is 1. The molecule has 2 aliphatic rings. The molecule has 4 rings (SSSR count). The molecule has 0 spiro atoms. The van der Waals surface area contributed by atoms with Gasteiger partial charge in [0.25, 0.3) is 5.91 Å². The van der Waals surface area contributed by atoms with Crippen LogP contribution in [0.4, 0.5) is 5.69 Å². The van der Waals surface area contributed by atoms with Gasteiger partial charge in [-0.1, -0.05) is 18.2 Å². The maximum atomic E-state index is 12.8. The Morgan fingerprint density at radius 1 is 1.03 bits per heavy atom. The number of anilines is 1. The van der Waals surface area contributed by atoms with Gasteiger partial charge < -0.3 is 19.1 Å². The highest BCUT2D eigenvalue weighted by molar-refractivity contribution is 5.98. The minimum Gasteiger partial charge on any atom is -0.495 e. The Labute approximate surface area is 173 Å². The Morgan fingerprint density at radius 3 is 2.62 bits per heavy atom. The summed E-state index contributed by atoms with van der Waals surface area (Å²) in [4.78, 5) is 19.7. The highest BCUT2D eigenvalue weighted by Crippen LogP contribution is 2.28. The molecule has 6 nitrogen and oxygen atoms in total. The van der Waals surface area contributed by atoms with Crippen molar-refractivity contribution in [2.45, 2.75) is 6.42 Å². The highest BCUT2D eigenvalue weighted by atomic mass is 16.5. The molecule has 0 saturated carbocycles. The lowest BCUT2D eigenvalue weighted by molar-refractivity contribution is 0.0768. The minimum atomic E-state index is 0.145. The molecule has 1 amide bonds. The van der Waals surface area contributed by atoms with E-state index in [1.165, 1.54) is 5.69 Å². The number of ether oxygens (including phenoxy) is 1. The molecule has 0 radical (unpaired) electrons. The van der Waals surface area contributed by atoms with Crippen molar-refractivity contribution in [2.75, 3.05) is 57.8 Å². The van der Waals surface area contributed by atoms with Crippen LogP contribution in [-0.4, -0.2) is 73.2 Å². The fourth-order valence-electron chi connectivity index (χ4n) is 4.26. The Kier molecular flexibility index (Phi) is 5.90.